The number of aromatic hydroxyl groups is 1. The standard InChI is InChI=1S/C12H15N3O2/c16-9-1-2-10-11(5-9)15(7-12(17)14-10)8-3-4-13-6-8/h1-2,5,8,13,16H,3-4,6-7H2,(H,14,17). The number of carbonyl (C=O) groups excluding carboxylic acids is 1. The summed E-state index contributed by atoms with van der Waals surface area (Å²) < 4.78 is 0. The van der Waals surface area contributed by atoms with Crippen molar-refractivity contribution in [1.29, 1.82) is 0 Å². The molecule has 2 aliphatic rings. The van der Waals surface area contributed by atoms with Gasteiger partial charge < -0.3 is 20.6 Å². The molecule has 1 unspecified atom stereocenters. The minimum Gasteiger partial charge on any atom is -0.508 e. The van der Waals surface area contributed by atoms with Crippen LogP contribution in [0.2, 0.25) is 0 Å². The van der Waals surface area contributed by atoms with Gasteiger partial charge in [0.25, 0.3) is 0 Å². The number of fused-ring (bicyclic) bond motifs is 1. The maximum Gasteiger partial charge on any atom is 0.243 e. The van der Waals surface area contributed by atoms with Gasteiger partial charge in [-0.1, -0.05) is 0 Å². The molecule has 1 aromatic carbocycles. The quantitative estimate of drug-likeness (QED) is 0.618. The number of benzene rings is 1. The van der Waals surface area contributed by atoms with Gasteiger partial charge in [-0.05, 0) is 25.1 Å². The molecule has 1 aromatic rings. The average molecular weight is 233 g/mol. The average Bonchev–Trinajstić information content (AvgIpc) is 2.82. The molecule has 1 saturated heterocycles. The topological polar surface area (TPSA) is 64.6 Å². The van der Waals surface area contributed by atoms with Gasteiger partial charge in [-0.2, -0.15) is 0 Å². The predicted molar refractivity (Wildman–Crippen MR) is 65.4 cm³/mol. The van der Waals surface area contributed by atoms with Gasteiger partial charge in [0, 0.05) is 18.7 Å². The molecule has 1 atom stereocenters. The van der Waals surface area contributed by atoms with Crippen LogP contribution in [-0.2, 0) is 4.79 Å². The SMILES string of the molecule is O=C1CN(C2CCNC2)c2cc(O)ccc2N1. The van der Waals surface area contributed by atoms with E-state index >= 15 is 0 Å². The number of hydrogen-bond acceptors (Lipinski definition) is 4. The van der Waals surface area contributed by atoms with E-state index < -0.39 is 0 Å². The number of carbonyl (C=O) groups is 1. The van der Waals surface area contributed by atoms with Crippen LogP contribution in [0.15, 0.2) is 18.2 Å². The highest BCUT2D eigenvalue weighted by Crippen LogP contribution is 2.34. The number of anilines is 2. The van der Waals surface area contributed by atoms with Crippen molar-refractivity contribution in [2.75, 3.05) is 29.9 Å². The summed E-state index contributed by atoms with van der Waals surface area (Å²) in [5.41, 5.74) is 1.70. The van der Waals surface area contributed by atoms with Crippen LogP contribution in [0.4, 0.5) is 11.4 Å². The maximum atomic E-state index is 11.6. The van der Waals surface area contributed by atoms with E-state index in [1.807, 2.05) is 0 Å². The summed E-state index contributed by atoms with van der Waals surface area (Å²) in [4.78, 5) is 13.7. The van der Waals surface area contributed by atoms with Gasteiger partial charge >= 0.3 is 0 Å². The van der Waals surface area contributed by atoms with Crippen molar-refractivity contribution in [2.45, 2.75) is 12.5 Å². The van der Waals surface area contributed by atoms with Crippen molar-refractivity contribution in [3.63, 3.8) is 0 Å². The van der Waals surface area contributed by atoms with Crippen molar-refractivity contribution in [1.82, 2.24) is 5.32 Å². The second-order valence-electron chi connectivity index (χ2n) is 4.52. The number of amides is 1. The fraction of sp³-hybridized carbons (Fsp3) is 0.417. The molecular formula is C12H15N3O2. The highest BCUT2D eigenvalue weighted by Gasteiger charge is 2.29. The molecule has 2 heterocycles. The van der Waals surface area contributed by atoms with Crippen molar-refractivity contribution < 1.29 is 9.90 Å². The van der Waals surface area contributed by atoms with Crippen LogP contribution in [-0.4, -0.2) is 36.7 Å². The summed E-state index contributed by atoms with van der Waals surface area (Å²) in [6.45, 7) is 2.24. The summed E-state index contributed by atoms with van der Waals surface area (Å²) in [5, 5.41) is 15.7. The monoisotopic (exact) mass is 233 g/mol. The van der Waals surface area contributed by atoms with Gasteiger partial charge in [0.2, 0.25) is 5.91 Å². The molecule has 0 radical (unpaired) electrons. The first-order chi connectivity index (χ1) is 8.24. The van der Waals surface area contributed by atoms with Gasteiger partial charge in [-0.25, -0.2) is 0 Å². The third-order valence-corrected chi connectivity index (χ3v) is 3.35. The number of phenols is 1. The minimum atomic E-state index is 0.00934. The van der Waals surface area contributed by atoms with E-state index in [0.29, 0.717) is 12.6 Å². The molecule has 0 saturated carbocycles. The molecule has 3 N–H and O–H groups in total. The number of hydrogen-bond donors (Lipinski definition) is 3. The van der Waals surface area contributed by atoms with Gasteiger partial charge in [0.05, 0.1) is 17.9 Å². The predicted octanol–water partition coefficient (Wildman–Crippen LogP) is 0.513. The van der Waals surface area contributed by atoms with Crippen LogP contribution in [0.3, 0.4) is 0 Å². The highest BCUT2D eigenvalue weighted by molar-refractivity contribution is 6.01. The van der Waals surface area contributed by atoms with Crippen LogP contribution in [0.1, 0.15) is 6.42 Å². The summed E-state index contributed by atoms with van der Waals surface area (Å²) >= 11 is 0. The van der Waals surface area contributed by atoms with Crippen molar-refractivity contribution in [3.8, 4) is 5.75 Å². The third kappa shape index (κ3) is 1.82. The van der Waals surface area contributed by atoms with Gasteiger partial charge in [0.1, 0.15) is 5.75 Å². The summed E-state index contributed by atoms with van der Waals surface area (Å²) in [6.07, 6.45) is 1.03. The first kappa shape index (κ1) is 10.4. The Balaban J connectivity index is 1.99. The molecule has 0 spiro atoms. The summed E-state index contributed by atoms with van der Waals surface area (Å²) in [7, 11) is 0. The molecule has 1 fully saturated rings. The largest absolute Gasteiger partial charge is 0.508 e. The van der Waals surface area contributed by atoms with Crippen LogP contribution in [0.25, 0.3) is 0 Å². The third-order valence-electron chi connectivity index (χ3n) is 3.35. The second kappa shape index (κ2) is 3.92. The fourth-order valence-electron chi connectivity index (χ4n) is 2.52. The Bertz CT molecular complexity index is 455. The molecule has 5 nitrogen and oxygen atoms in total. The Morgan fingerprint density at radius 1 is 1.41 bits per heavy atom. The number of rotatable bonds is 1. The molecule has 90 valence electrons. The lowest BCUT2D eigenvalue weighted by Gasteiger charge is -2.35. The van der Waals surface area contributed by atoms with Gasteiger partial charge in [-0.15, -0.1) is 0 Å². The Labute approximate surface area is 99.4 Å². The lowest BCUT2D eigenvalue weighted by Crippen LogP contribution is -2.45. The Morgan fingerprint density at radius 3 is 3.06 bits per heavy atom. The molecule has 0 aromatic heterocycles. The van der Waals surface area contributed by atoms with Crippen LogP contribution >= 0.6 is 0 Å². The molecule has 2 aliphatic heterocycles. The lowest BCUT2D eigenvalue weighted by molar-refractivity contribution is -0.115. The van der Waals surface area contributed by atoms with Crippen LogP contribution in [0.5, 0.6) is 5.75 Å². The Morgan fingerprint density at radius 2 is 2.29 bits per heavy atom. The van der Waals surface area contributed by atoms with Crippen molar-refractivity contribution >= 4 is 17.3 Å². The normalized spacial score (nSPS) is 23.4. The van der Waals surface area contributed by atoms with E-state index in [4.69, 9.17) is 0 Å². The maximum absolute atomic E-state index is 11.6. The Hall–Kier alpha value is -1.75. The zero-order valence-corrected chi connectivity index (χ0v) is 9.44. The van der Waals surface area contributed by atoms with Gasteiger partial charge in [-0.3, -0.25) is 4.79 Å². The lowest BCUT2D eigenvalue weighted by atomic mass is 10.1. The Kier molecular flexibility index (Phi) is 2.40. The van der Waals surface area contributed by atoms with E-state index in [2.05, 4.69) is 15.5 Å². The van der Waals surface area contributed by atoms with Crippen molar-refractivity contribution in [2.24, 2.45) is 0 Å². The second-order valence-corrected chi connectivity index (χ2v) is 4.52. The first-order valence-electron chi connectivity index (χ1n) is 5.84. The van der Waals surface area contributed by atoms with Crippen LogP contribution < -0.4 is 15.5 Å². The molecule has 5 heteroatoms. The van der Waals surface area contributed by atoms with E-state index in [1.54, 1.807) is 18.2 Å². The number of nitrogens with zero attached hydrogens (tertiary/aromatic N) is 1. The molecule has 0 aliphatic carbocycles. The van der Waals surface area contributed by atoms with E-state index in [-0.39, 0.29) is 11.7 Å². The van der Waals surface area contributed by atoms with Crippen molar-refractivity contribution in [3.05, 3.63) is 18.2 Å². The number of nitrogens with one attached hydrogen (secondary N) is 2. The molecule has 1 amide bonds. The molecule has 17 heavy (non-hydrogen) atoms. The molecule has 3 rings (SSSR count). The van der Waals surface area contributed by atoms with E-state index in [1.165, 1.54) is 0 Å². The first-order valence-corrected chi connectivity index (χ1v) is 5.84. The number of phenolic OH excluding ortho intramolecular Hbond substituents is 1. The minimum absolute atomic E-state index is 0.00934. The molecular weight excluding hydrogens is 218 g/mol. The zero-order chi connectivity index (χ0) is 11.8. The summed E-state index contributed by atoms with van der Waals surface area (Å²) in [5.74, 6) is 0.242. The highest BCUT2D eigenvalue weighted by atomic mass is 16.3. The van der Waals surface area contributed by atoms with E-state index in [0.717, 1.165) is 30.9 Å². The molecule has 0 bridgehead atoms. The summed E-state index contributed by atoms with van der Waals surface area (Å²) in [6, 6.07) is 5.39. The van der Waals surface area contributed by atoms with Crippen LogP contribution in [0, 0.1) is 0 Å². The van der Waals surface area contributed by atoms with Gasteiger partial charge in [0.15, 0.2) is 0 Å². The fourth-order valence-corrected chi connectivity index (χ4v) is 2.52. The van der Waals surface area contributed by atoms with E-state index in [9.17, 15) is 9.90 Å². The zero-order valence-electron chi connectivity index (χ0n) is 9.44. The smallest absolute Gasteiger partial charge is 0.243 e.